The van der Waals surface area contributed by atoms with E-state index in [0.29, 0.717) is 12.0 Å². The van der Waals surface area contributed by atoms with Crippen molar-refractivity contribution < 1.29 is 0 Å². The molecule has 1 aromatic rings. The number of aryl methyl sites for hydroxylation is 1. The quantitative estimate of drug-likeness (QED) is 0.824. The van der Waals surface area contributed by atoms with Crippen LogP contribution in [0.25, 0.3) is 0 Å². The SMILES string of the molecule is CCc1nc(CC(C)C)ncc1CNC(C)C. The van der Waals surface area contributed by atoms with Gasteiger partial charge in [-0.3, -0.25) is 0 Å². The highest BCUT2D eigenvalue weighted by molar-refractivity contribution is 5.17. The molecule has 0 unspecified atom stereocenters. The van der Waals surface area contributed by atoms with Crippen molar-refractivity contribution in [2.24, 2.45) is 5.92 Å². The van der Waals surface area contributed by atoms with Gasteiger partial charge in [0.25, 0.3) is 0 Å². The lowest BCUT2D eigenvalue weighted by atomic mass is 10.1. The van der Waals surface area contributed by atoms with Crippen molar-refractivity contribution in [3.05, 3.63) is 23.3 Å². The summed E-state index contributed by atoms with van der Waals surface area (Å²) in [5.41, 5.74) is 2.41. The first-order chi connectivity index (χ1) is 8.02. The van der Waals surface area contributed by atoms with Crippen LogP contribution in [-0.2, 0) is 19.4 Å². The van der Waals surface area contributed by atoms with Crippen LogP contribution in [0.1, 0.15) is 51.7 Å². The lowest BCUT2D eigenvalue weighted by molar-refractivity contribution is 0.578. The molecule has 1 heterocycles. The summed E-state index contributed by atoms with van der Waals surface area (Å²) in [4.78, 5) is 9.11. The van der Waals surface area contributed by atoms with E-state index < -0.39 is 0 Å². The third-order valence-electron chi connectivity index (χ3n) is 2.63. The Morgan fingerprint density at radius 2 is 1.94 bits per heavy atom. The molecule has 96 valence electrons. The minimum absolute atomic E-state index is 0.495. The van der Waals surface area contributed by atoms with E-state index in [9.17, 15) is 0 Å². The second-order valence-electron chi connectivity index (χ2n) is 5.25. The van der Waals surface area contributed by atoms with Crippen LogP contribution in [-0.4, -0.2) is 16.0 Å². The summed E-state index contributed by atoms with van der Waals surface area (Å²) in [6.07, 6.45) is 3.92. The van der Waals surface area contributed by atoms with Gasteiger partial charge in [0.15, 0.2) is 0 Å². The molecular weight excluding hydrogens is 210 g/mol. The zero-order chi connectivity index (χ0) is 12.8. The minimum Gasteiger partial charge on any atom is -0.310 e. The Bertz CT molecular complexity index is 345. The first-order valence-corrected chi connectivity index (χ1v) is 6.60. The molecule has 0 amide bonds. The van der Waals surface area contributed by atoms with E-state index in [1.165, 1.54) is 11.3 Å². The molecule has 0 spiro atoms. The maximum absolute atomic E-state index is 4.66. The number of rotatable bonds is 6. The molecule has 0 atom stereocenters. The monoisotopic (exact) mass is 235 g/mol. The van der Waals surface area contributed by atoms with Gasteiger partial charge in [-0.05, 0) is 12.3 Å². The van der Waals surface area contributed by atoms with Gasteiger partial charge in [-0.25, -0.2) is 9.97 Å². The van der Waals surface area contributed by atoms with Gasteiger partial charge in [-0.1, -0.05) is 34.6 Å². The molecule has 0 aliphatic carbocycles. The molecule has 0 aromatic carbocycles. The van der Waals surface area contributed by atoms with Crippen LogP contribution >= 0.6 is 0 Å². The van der Waals surface area contributed by atoms with Crippen LogP contribution in [0.5, 0.6) is 0 Å². The Morgan fingerprint density at radius 1 is 1.24 bits per heavy atom. The zero-order valence-electron chi connectivity index (χ0n) is 11.7. The molecule has 17 heavy (non-hydrogen) atoms. The predicted octanol–water partition coefficient (Wildman–Crippen LogP) is 2.74. The van der Waals surface area contributed by atoms with Crippen LogP contribution in [0.4, 0.5) is 0 Å². The Balaban J connectivity index is 2.78. The maximum Gasteiger partial charge on any atom is 0.128 e. The maximum atomic E-state index is 4.66. The highest BCUT2D eigenvalue weighted by Crippen LogP contribution is 2.09. The van der Waals surface area contributed by atoms with E-state index in [-0.39, 0.29) is 0 Å². The average Bonchev–Trinajstić information content (AvgIpc) is 2.26. The number of nitrogens with one attached hydrogen (secondary N) is 1. The van der Waals surface area contributed by atoms with E-state index in [0.717, 1.165) is 25.2 Å². The second-order valence-corrected chi connectivity index (χ2v) is 5.25. The summed E-state index contributed by atoms with van der Waals surface area (Å²) in [5.74, 6) is 1.59. The van der Waals surface area contributed by atoms with Crippen molar-refractivity contribution in [2.75, 3.05) is 0 Å². The summed E-state index contributed by atoms with van der Waals surface area (Å²) in [6.45, 7) is 11.7. The molecular formula is C14H25N3. The molecule has 0 saturated heterocycles. The van der Waals surface area contributed by atoms with Gasteiger partial charge in [-0.2, -0.15) is 0 Å². The fourth-order valence-electron chi connectivity index (χ4n) is 1.71. The van der Waals surface area contributed by atoms with Crippen molar-refractivity contribution in [2.45, 2.75) is 60.0 Å². The lowest BCUT2D eigenvalue weighted by Gasteiger charge is -2.12. The van der Waals surface area contributed by atoms with Gasteiger partial charge >= 0.3 is 0 Å². The van der Waals surface area contributed by atoms with Crippen molar-refractivity contribution in [3.8, 4) is 0 Å². The fourth-order valence-corrected chi connectivity index (χ4v) is 1.71. The van der Waals surface area contributed by atoms with Crippen molar-refractivity contribution >= 4 is 0 Å². The highest BCUT2D eigenvalue weighted by atomic mass is 14.9. The van der Waals surface area contributed by atoms with E-state index in [4.69, 9.17) is 0 Å². The Kier molecular flexibility index (Phi) is 5.56. The molecule has 1 aromatic heterocycles. The fraction of sp³-hybridized carbons (Fsp3) is 0.714. The van der Waals surface area contributed by atoms with Crippen LogP contribution < -0.4 is 5.32 Å². The molecule has 0 aliphatic heterocycles. The van der Waals surface area contributed by atoms with Gasteiger partial charge in [0.1, 0.15) is 5.82 Å². The second kappa shape index (κ2) is 6.70. The molecule has 0 saturated carbocycles. The first-order valence-electron chi connectivity index (χ1n) is 6.60. The first kappa shape index (κ1) is 14.1. The molecule has 3 heteroatoms. The molecule has 0 radical (unpaired) electrons. The largest absolute Gasteiger partial charge is 0.310 e. The van der Waals surface area contributed by atoms with Gasteiger partial charge in [0.2, 0.25) is 0 Å². The van der Waals surface area contributed by atoms with Gasteiger partial charge in [0.05, 0.1) is 0 Å². The van der Waals surface area contributed by atoms with Gasteiger partial charge in [0, 0.05) is 36.5 Å². The third kappa shape index (κ3) is 4.82. The molecule has 0 aliphatic rings. The molecule has 0 bridgehead atoms. The van der Waals surface area contributed by atoms with Crippen LogP contribution in [0.2, 0.25) is 0 Å². The summed E-state index contributed by atoms with van der Waals surface area (Å²) >= 11 is 0. The molecule has 0 fully saturated rings. The Labute approximate surface area is 105 Å². The Morgan fingerprint density at radius 3 is 2.47 bits per heavy atom. The summed E-state index contributed by atoms with van der Waals surface area (Å²) in [7, 11) is 0. The summed E-state index contributed by atoms with van der Waals surface area (Å²) in [5, 5.41) is 3.42. The van der Waals surface area contributed by atoms with E-state index >= 15 is 0 Å². The van der Waals surface area contributed by atoms with Gasteiger partial charge < -0.3 is 5.32 Å². The van der Waals surface area contributed by atoms with Crippen molar-refractivity contribution in [1.82, 2.24) is 15.3 Å². The smallest absolute Gasteiger partial charge is 0.128 e. The van der Waals surface area contributed by atoms with Crippen molar-refractivity contribution in [3.63, 3.8) is 0 Å². The van der Waals surface area contributed by atoms with Crippen molar-refractivity contribution in [1.29, 1.82) is 0 Å². The van der Waals surface area contributed by atoms with Crippen LogP contribution in [0, 0.1) is 5.92 Å². The molecule has 3 nitrogen and oxygen atoms in total. The molecule has 1 rings (SSSR count). The van der Waals surface area contributed by atoms with E-state index in [1.807, 2.05) is 6.20 Å². The summed E-state index contributed by atoms with van der Waals surface area (Å²) in [6, 6.07) is 0.495. The number of hydrogen-bond donors (Lipinski definition) is 1. The van der Waals surface area contributed by atoms with Gasteiger partial charge in [-0.15, -0.1) is 0 Å². The normalized spacial score (nSPS) is 11.5. The van der Waals surface area contributed by atoms with Crippen LogP contribution in [0.3, 0.4) is 0 Å². The number of nitrogens with zero attached hydrogens (tertiary/aromatic N) is 2. The minimum atomic E-state index is 0.495. The lowest BCUT2D eigenvalue weighted by Crippen LogP contribution is -2.23. The standard InChI is InChI=1S/C14H25N3/c1-6-13-12(8-15-11(4)5)9-16-14(17-13)7-10(2)3/h9-11,15H,6-8H2,1-5H3. The third-order valence-corrected chi connectivity index (χ3v) is 2.63. The number of aromatic nitrogens is 2. The van der Waals surface area contributed by atoms with Crippen LogP contribution in [0.15, 0.2) is 6.20 Å². The van der Waals surface area contributed by atoms with E-state index in [2.05, 4.69) is 49.9 Å². The topological polar surface area (TPSA) is 37.8 Å². The molecule has 1 N–H and O–H groups in total. The number of hydrogen-bond acceptors (Lipinski definition) is 3. The zero-order valence-corrected chi connectivity index (χ0v) is 11.7. The Hall–Kier alpha value is -0.960. The highest BCUT2D eigenvalue weighted by Gasteiger charge is 2.07. The average molecular weight is 235 g/mol. The summed E-state index contributed by atoms with van der Waals surface area (Å²) < 4.78 is 0. The predicted molar refractivity (Wildman–Crippen MR) is 71.9 cm³/mol. The van der Waals surface area contributed by atoms with E-state index in [1.54, 1.807) is 0 Å².